The zero-order chi connectivity index (χ0) is 20.4. The monoisotopic (exact) mass is 471 g/mol. The zero-order valence-corrected chi connectivity index (χ0v) is 18.4. The van der Waals surface area contributed by atoms with Crippen LogP contribution in [0.5, 0.6) is 0 Å². The quantitative estimate of drug-likeness (QED) is 0.400. The molecule has 3 N–H and O–H groups in total. The van der Waals surface area contributed by atoms with Crippen LogP contribution in [-0.4, -0.2) is 26.5 Å². The second-order valence-corrected chi connectivity index (χ2v) is 9.03. The number of hydrogen-bond donors (Lipinski definition) is 2. The predicted molar refractivity (Wildman–Crippen MR) is 119 cm³/mol. The molecule has 1 amide bonds. The fourth-order valence-corrected chi connectivity index (χ4v) is 4.35. The van der Waals surface area contributed by atoms with Gasteiger partial charge in [0.25, 0.3) is 0 Å². The van der Waals surface area contributed by atoms with E-state index >= 15 is 0 Å². The molecule has 1 fully saturated rings. The Morgan fingerprint density at radius 2 is 1.97 bits per heavy atom. The van der Waals surface area contributed by atoms with Gasteiger partial charge in [0, 0.05) is 10.0 Å². The maximum Gasteiger partial charge on any atom is 0.230 e. The molecule has 1 atom stereocenters. The van der Waals surface area contributed by atoms with Crippen LogP contribution in [0.15, 0.2) is 58.2 Å². The summed E-state index contributed by atoms with van der Waals surface area (Å²) in [5, 5.41) is 12.0. The number of nitrogens with two attached hydrogens (primary N) is 1. The first-order valence-electron chi connectivity index (χ1n) is 9.47. The minimum absolute atomic E-state index is 0.0297. The Bertz CT molecular complexity index is 1020. The molecule has 1 aliphatic carbocycles. The van der Waals surface area contributed by atoms with Crippen molar-refractivity contribution in [2.24, 2.45) is 5.92 Å². The summed E-state index contributed by atoms with van der Waals surface area (Å²) >= 11 is 4.79. The molecule has 1 aliphatic rings. The molecule has 1 unspecified atom stereocenters. The van der Waals surface area contributed by atoms with E-state index in [1.54, 1.807) is 0 Å². The molecule has 4 rings (SSSR count). The van der Waals surface area contributed by atoms with Crippen LogP contribution < -0.4 is 11.2 Å². The lowest BCUT2D eigenvalue weighted by molar-refractivity contribution is -0.119. The summed E-state index contributed by atoms with van der Waals surface area (Å²) < 4.78 is 2.31. The molecule has 150 valence electrons. The zero-order valence-electron chi connectivity index (χ0n) is 16.0. The Morgan fingerprint density at radius 3 is 2.66 bits per heavy atom. The van der Waals surface area contributed by atoms with Gasteiger partial charge in [-0.2, -0.15) is 0 Å². The Morgan fingerprint density at radius 1 is 1.24 bits per heavy atom. The molecule has 6 nitrogen and oxygen atoms in total. The van der Waals surface area contributed by atoms with Gasteiger partial charge < -0.3 is 11.2 Å². The number of hydrogen-bond acceptors (Lipinski definition) is 5. The van der Waals surface area contributed by atoms with Crippen molar-refractivity contribution < 1.29 is 4.79 Å². The topological polar surface area (TPSA) is 85.8 Å². The number of halogens is 1. The SMILES string of the molecule is Cc1ccc(C(NC(=O)CSc2nnc(-c3ccccc3Br)n2N)C2CC2)cc1. The van der Waals surface area contributed by atoms with Crippen molar-refractivity contribution in [1.82, 2.24) is 20.2 Å². The van der Waals surface area contributed by atoms with E-state index in [1.165, 1.54) is 22.0 Å². The first-order chi connectivity index (χ1) is 14.0. The second-order valence-electron chi connectivity index (χ2n) is 7.24. The standard InChI is InChI=1S/C21H22BrN5OS/c1-13-6-8-14(9-7-13)19(15-10-11-15)24-18(28)12-29-21-26-25-20(27(21)23)16-4-2-3-5-17(16)22/h2-9,15,19H,10-12,23H2,1H3,(H,24,28). The molecule has 8 heteroatoms. The summed E-state index contributed by atoms with van der Waals surface area (Å²) in [6.07, 6.45) is 2.30. The molecule has 0 bridgehead atoms. The van der Waals surface area contributed by atoms with E-state index in [4.69, 9.17) is 5.84 Å². The van der Waals surface area contributed by atoms with Gasteiger partial charge in [0.05, 0.1) is 11.8 Å². The van der Waals surface area contributed by atoms with Crippen molar-refractivity contribution in [2.75, 3.05) is 11.6 Å². The van der Waals surface area contributed by atoms with Gasteiger partial charge in [-0.05, 0) is 43.4 Å². The Hall–Kier alpha value is -2.32. The highest BCUT2D eigenvalue weighted by atomic mass is 79.9. The van der Waals surface area contributed by atoms with Crippen LogP contribution in [0, 0.1) is 12.8 Å². The first-order valence-corrected chi connectivity index (χ1v) is 11.2. The fraction of sp³-hybridized carbons (Fsp3) is 0.286. The van der Waals surface area contributed by atoms with Crippen LogP contribution in [0.3, 0.4) is 0 Å². The van der Waals surface area contributed by atoms with E-state index in [1.807, 2.05) is 24.3 Å². The molecule has 2 aromatic carbocycles. The number of aromatic nitrogens is 3. The van der Waals surface area contributed by atoms with Crippen LogP contribution >= 0.6 is 27.7 Å². The smallest absolute Gasteiger partial charge is 0.230 e. The number of aryl methyl sites for hydroxylation is 1. The van der Waals surface area contributed by atoms with Crippen LogP contribution in [0.2, 0.25) is 0 Å². The summed E-state index contributed by atoms with van der Waals surface area (Å²) in [5.41, 5.74) is 3.23. The maximum absolute atomic E-state index is 12.6. The molecule has 29 heavy (non-hydrogen) atoms. The van der Waals surface area contributed by atoms with Crippen molar-refractivity contribution in [3.8, 4) is 11.4 Å². The molecule has 0 aliphatic heterocycles. The third kappa shape index (κ3) is 4.64. The largest absolute Gasteiger partial charge is 0.348 e. The molecular weight excluding hydrogens is 450 g/mol. The molecular formula is C21H22BrN5OS. The highest BCUT2D eigenvalue weighted by molar-refractivity contribution is 9.10. The van der Waals surface area contributed by atoms with E-state index in [9.17, 15) is 4.79 Å². The second kappa shape index (κ2) is 8.59. The number of thioether (sulfide) groups is 1. The van der Waals surface area contributed by atoms with Crippen LogP contribution in [-0.2, 0) is 4.79 Å². The molecule has 1 heterocycles. The number of carbonyl (C=O) groups is 1. The Kier molecular flexibility index (Phi) is 5.91. The number of nitrogens with zero attached hydrogens (tertiary/aromatic N) is 3. The third-order valence-electron chi connectivity index (χ3n) is 4.96. The fourth-order valence-electron chi connectivity index (χ4n) is 3.22. The van der Waals surface area contributed by atoms with E-state index in [2.05, 4.69) is 62.6 Å². The van der Waals surface area contributed by atoms with Crippen LogP contribution in [0.4, 0.5) is 0 Å². The average molecular weight is 472 g/mol. The van der Waals surface area contributed by atoms with Gasteiger partial charge in [0.2, 0.25) is 11.1 Å². The number of amides is 1. The van der Waals surface area contributed by atoms with Crippen molar-refractivity contribution in [3.05, 3.63) is 64.1 Å². The van der Waals surface area contributed by atoms with Gasteiger partial charge in [-0.1, -0.05) is 69.7 Å². The first kappa shape index (κ1) is 20.0. The molecule has 1 saturated carbocycles. The van der Waals surface area contributed by atoms with Gasteiger partial charge in [0.1, 0.15) is 0 Å². The lowest BCUT2D eigenvalue weighted by Crippen LogP contribution is -2.31. The predicted octanol–water partition coefficient (Wildman–Crippen LogP) is 4.09. The van der Waals surface area contributed by atoms with E-state index in [0.29, 0.717) is 16.9 Å². The molecule has 3 aromatic rings. The van der Waals surface area contributed by atoms with Crippen molar-refractivity contribution >= 4 is 33.6 Å². The van der Waals surface area contributed by atoms with Gasteiger partial charge in [-0.25, -0.2) is 4.68 Å². The Balaban J connectivity index is 1.41. The molecule has 0 radical (unpaired) electrons. The lowest BCUT2D eigenvalue weighted by Gasteiger charge is -2.19. The summed E-state index contributed by atoms with van der Waals surface area (Å²) in [5.74, 6) is 7.45. The highest BCUT2D eigenvalue weighted by Crippen LogP contribution is 2.41. The summed E-state index contributed by atoms with van der Waals surface area (Å²) in [6.45, 7) is 2.07. The van der Waals surface area contributed by atoms with E-state index in [0.717, 1.165) is 28.4 Å². The lowest BCUT2D eigenvalue weighted by atomic mass is 10.0. The van der Waals surface area contributed by atoms with Crippen molar-refractivity contribution in [3.63, 3.8) is 0 Å². The number of benzene rings is 2. The van der Waals surface area contributed by atoms with Crippen molar-refractivity contribution in [2.45, 2.75) is 31.0 Å². The van der Waals surface area contributed by atoms with E-state index in [-0.39, 0.29) is 17.7 Å². The molecule has 1 aromatic heterocycles. The number of nitrogens with one attached hydrogen (secondary N) is 1. The number of rotatable bonds is 7. The average Bonchev–Trinajstić information content (AvgIpc) is 3.49. The number of carbonyl (C=O) groups excluding carboxylic acids is 1. The summed E-state index contributed by atoms with van der Waals surface area (Å²) in [7, 11) is 0. The number of nitrogen functional groups attached to an aromatic ring is 1. The third-order valence-corrected chi connectivity index (χ3v) is 6.59. The van der Waals surface area contributed by atoms with Gasteiger partial charge >= 0.3 is 0 Å². The van der Waals surface area contributed by atoms with Gasteiger partial charge in [-0.3, -0.25) is 4.79 Å². The van der Waals surface area contributed by atoms with Gasteiger partial charge in [0.15, 0.2) is 5.82 Å². The highest BCUT2D eigenvalue weighted by Gasteiger charge is 2.33. The van der Waals surface area contributed by atoms with E-state index < -0.39 is 0 Å². The van der Waals surface area contributed by atoms with Gasteiger partial charge in [-0.15, -0.1) is 10.2 Å². The van der Waals surface area contributed by atoms with Crippen LogP contribution in [0.1, 0.15) is 30.0 Å². The maximum atomic E-state index is 12.6. The summed E-state index contributed by atoms with van der Waals surface area (Å²) in [4.78, 5) is 12.6. The molecule has 0 saturated heterocycles. The summed E-state index contributed by atoms with van der Waals surface area (Å²) in [6, 6.07) is 16.1. The van der Waals surface area contributed by atoms with Crippen LogP contribution in [0.25, 0.3) is 11.4 Å². The normalized spacial score (nSPS) is 14.6. The minimum atomic E-state index is -0.0297. The van der Waals surface area contributed by atoms with Crippen molar-refractivity contribution in [1.29, 1.82) is 0 Å². The molecule has 0 spiro atoms. The minimum Gasteiger partial charge on any atom is -0.348 e. The Labute approximate surface area is 182 Å².